The lowest BCUT2D eigenvalue weighted by molar-refractivity contribution is -0.163. The van der Waals surface area contributed by atoms with Gasteiger partial charge in [0.1, 0.15) is 54.0 Å². The largest absolute Gasteiger partial charge is 0.469 e. The van der Waals surface area contributed by atoms with Gasteiger partial charge in [0, 0.05) is 38.3 Å². The topological polar surface area (TPSA) is 253 Å². The third-order valence-electron chi connectivity index (χ3n) is 11.0. The highest BCUT2D eigenvalue weighted by atomic mass is 31.2. The summed E-state index contributed by atoms with van der Waals surface area (Å²) >= 11 is 0. The molecule has 0 aliphatic carbocycles. The normalized spacial score (nSPS) is 26.3. The highest BCUT2D eigenvalue weighted by Crippen LogP contribution is 2.39. The van der Waals surface area contributed by atoms with Crippen molar-refractivity contribution in [1.29, 1.82) is 0 Å². The quantitative estimate of drug-likeness (QED) is 0.155. The predicted molar refractivity (Wildman–Crippen MR) is 215 cm³/mol. The van der Waals surface area contributed by atoms with Crippen LogP contribution in [0, 0.1) is 24.5 Å². The van der Waals surface area contributed by atoms with Gasteiger partial charge in [0.05, 0.1) is 6.10 Å². The number of halogens is 2. The number of phosphoric acid groups is 1. The SMILES string of the molecule is Cc1ccc(NC(=O)NC(Cc2cc(F)cc(F)c2)C(=O)NC2C(=O)N3CCCC3C(=O)N(C)C(C(C)OP(=O)(O)O)C(=O)NC(C)C(=O)N3CC(C)CC3C(=O)OC2C)cc1. The van der Waals surface area contributed by atoms with Crippen LogP contribution in [0.25, 0.3) is 0 Å². The molecule has 22 heteroatoms. The molecule has 3 aliphatic rings. The number of nitrogens with one attached hydrogen (secondary N) is 4. The maximum Gasteiger partial charge on any atom is 0.469 e. The van der Waals surface area contributed by atoms with Gasteiger partial charge in [0.2, 0.25) is 29.5 Å². The van der Waals surface area contributed by atoms with Gasteiger partial charge in [-0.3, -0.25) is 28.5 Å². The molecule has 0 radical (unpaired) electrons. The van der Waals surface area contributed by atoms with Crippen molar-refractivity contribution in [3.05, 3.63) is 65.2 Å². The van der Waals surface area contributed by atoms with Crippen LogP contribution in [-0.4, -0.2) is 135 Å². The first kappa shape index (κ1) is 47.5. The summed E-state index contributed by atoms with van der Waals surface area (Å²) < 4.78 is 51.3. The van der Waals surface area contributed by atoms with Gasteiger partial charge in [-0.1, -0.05) is 24.6 Å². The monoisotopic (exact) mass is 891 g/mol. The van der Waals surface area contributed by atoms with Crippen LogP contribution in [0.4, 0.5) is 19.3 Å². The third-order valence-corrected chi connectivity index (χ3v) is 11.6. The van der Waals surface area contributed by atoms with E-state index < -0.39 is 116 Å². The Morgan fingerprint density at radius 2 is 1.61 bits per heavy atom. The number of urea groups is 1. The molecule has 9 atom stereocenters. The van der Waals surface area contributed by atoms with E-state index in [2.05, 4.69) is 21.3 Å². The molecule has 19 nitrogen and oxygen atoms in total. The second-order valence-electron chi connectivity index (χ2n) is 16.1. The molecule has 338 valence electrons. The minimum absolute atomic E-state index is 0.0319. The van der Waals surface area contributed by atoms with E-state index in [1.807, 2.05) is 6.92 Å². The van der Waals surface area contributed by atoms with Crippen LogP contribution in [0.3, 0.4) is 0 Å². The summed E-state index contributed by atoms with van der Waals surface area (Å²) in [6, 6.07) is -0.707. The third kappa shape index (κ3) is 11.7. The minimum atomic E-state index is -5.24. The summed E-state index contributed by atoms with van der Waals surface area (Å²) in [6.07, 6.45) is -3.24. The second kappa shape index (κ2) is 19.7. The standard InChI is InChI=1S/C40H52F2N7O12P/c1-20-9-11-28(12-10-20)44-40(56)45-29(17-25-15-26(41)18-27(42)16-25)34(50)46-32-23(4)60-39(55)31-14-21(2)19-49(31)36(52)22(3)43-35(51)33(24(5)61-62(57,58)59)47(6)37(53)30-8-7-13-48(30)38(32)54/h9-12,15-16,18,21-24,29-33H,7-8,13-14,17,19H2,1-6H3,(H,43,51)(H,46,50)(H2,44,45,56)(H2,57,58,59). The number of phosphoric ester groups is 1. The smallest absolute Gasteiger partial charge is 0.458 e. The van der Waals surface area contributed by atoms with E-state index in [0.717, 1.165) is 41.5 Å². The molecule has 3 aliphatic heterocycles. The number of anilines is 1. The van der Waals surface area contributed by atoms with Crippen molar-refractivity contribution >= 4 is 55.0 Å². The molecule has 0 spiro atoms. The van der Waals surface area contributed by atoms with Crippen LogP contribution in [0.1, 0.15) is 58.1 Å². The first-order valence-electron chi connectivity index (χ1n) is 20.0. The lowest BCUT2D eigenvalue weighted by Crippen LogP contribution is -2.63. The predicted octanol–water partition coefficient (Wildman–Crippen LogP) is 1.49. The molecule has 5 rings (SSSR count). The van der Waals surface area contributed by atoms with E-state index in [4.69, 9.17) is 9.26 Å². The Labute approximate surface area is 356 Å². The van der Waals surface area contributed by atoms with Crippen molar-refractivity contribution in [3.63, 3.8) is 0 Å². The Hall–Kier alpha value is -5.50. The lowest BCUT2D eigenvalue weighted by Gasteiger charge is -2.37. The van der Waals surface area contributed by atoms with E-state index in [9.17, 15) is 56.7 Å². The number of carbonyl (C=O) groups is 7. The van der Waals surface area contributed by atoms with Crippen LogP contribution in [0.2, 0.25) is 0 Å². The number of rotatable bonds is 9. The number of nitrogens with zero attached hydrogens (tertiary/aromatic N) is 3. The number of amides is 7. The Balaban J connectivity index is 1.54. The van der Waals surface area contributed by atoms with Crippen LogP contribution in [0.15, 0.2) is 42.5 Å². The van der Waals surface area contributed by atoms with E-state index in [0.29, 0.717) is 11.8 Å². The fourth-order valence-corrected chi connectivity index (χ4v) is 8.59. The number of hydrogen-bond acceptors (Lipinski definition) is 10. The Bertz CT molecular complexity index is 2090. The number of carbonyl (C=O) groups excluding carboxylic acids is 7. The highest BCUT2D eigenvalue weighted by molar-refractivity contribution is 7.46. The summed E-state index contributed by atoms with van der Waals surface area (Å²) in [7, 11) is -4.08. The summed E-state index contributed by atoms with van der Waals surface area (Å²) in [5, 5.41) is 10.1. The molecule has 9 unspecified atom stereocenters. The first-order chi connectivity index (χ1) is 29.0. The van der Waals surface area contributed by atoms with Gasteiger partial charge in [-0.05, 0) is 82.7 Å². The Morgan fingerprint density at radius 3 is 2.24 bits per heavy atom. The number of likely N-dealkylation sites (N-methyl/N-ethyl adjacent to an activating group) is 1. The van der Waals surface area contributed by atoms with Crippen LogP contribution < -0.4 is 21.3 Å². The Morgan fingerprint density at radius 1 is 0.968 bits per heavy atom. The summed E-state index contributed by atoms with van der Waals surface area (Å²) in [4.78, 5) is 121. The molecule has 62 heavy (non-hydrogen) atoms. The molecule has 2 aromatic carbocycles. The molecule has 3 heterocycles. The fourth-order valence-electron chi connectivity index (χ4n) is 8.04. The maximum atomic E-state index is 14.7. The maximum absolute atomic E-state index is 14.7. The second-order valence-corrected chi connectivity index (χ2v) is 17.3. The zero-order valence-corrected chi connectivity index (χ0v) is 35.9. The number of benzene rings is 2. The van der Waals surface area contributed by atoms with Crippen molar-refractivity contribution in [1.82, 2.24) is 30.7 Å². The first-order valence-corrected chi connectivity index (χ1v) is 21.6. The molecular formula is C40H52F2N7O12P. The molecule has 0 saturated carbocycles. The molecule has 0 bridgehead atoms. The molecule has 2 aromatic rings. The van der Waals surface area contributed by atoms with Gasteiger partial charge in [-0.2, -0.15) is 0 Å². The summed E-state index contributed by atoms with van der Waals surface area (Å²) in [5.41, 5.74) is 1.20. The van der Waals surface area contributed by atoms with Gasteiger partial charge in [0.15, 0.2) is 0 Å². The molecular weight excluding hydrogens is 839 g/mol. The highest BCUT2D eigenvalue weighted by Gasteiger charge is 2.48. The number of ether oxygens (including phenoxy) is 1. The van der Waals surface area contributed by atoms with Crippen LogP contribution in [0.5, 0.6) is 0 Å². The van der Waals surface area contributed by atoms with Crippen LogP contribution in [-0.2, 0) is 49.0 Å². The van der Waals surface area contributed by atoms with Crippen molar-refractivity contribution in [3.8, 4) is 0 Å². The summed E-state index contributed by atoms with van der Waals surface area (Å²) in [5.74, 6) is -7.72. The number of aryl methyl sites for hydroxylation is 1. The molecule has 3 saturated heterocycles. The van der Waals surface area contributed by atoms with Gasteiger partial charge >= 0.3 is 19.8 Å². The molecule has 3 fully saturated rings. The van der Waals surface area contributed by atoms with Crippen molar-refractivity contribution in [2.75, 3.05) is 25.5 Å². The fraction of sp³-hybridized carbons (Fsp3) is 0.525. The van der Waals surface area contributed by atoms with E-state index in [1.165, 1.54) is 18.7 Å². The van der Waals surface area contributed by atoms with E-state index in [-0.39, 0.29) is 43.8 Å². The Kier molecular flexibility index (Phi) is 15.1. The lowest BCUT2D eigenvalue weighted by atomic mass is 10.0. The van der Waals surface area contributed by atoms with Crippen LogP contribution >= 0.6 is 7.82 Å². The number of esters is 1. The number of fused-ring (bicyclic) bond motifs is 2. The van der Waals surface area contributed by atoms with Crippen molar-refractivity contribution < 1.29 is 66.0 Å². The van der Waals surface area contributed by atoms with Crippen molar-refractivity contribution in [2.24, 2.45) is 5.92 Å². The van der Waals surface area contributed by atoms with E-state index >= 15 is 0 Å². The molecule has 6 N–H and O–H groups in total. The number of cyclic esters (lactones) is 1. The van der Waals surface area contributed by atoms with Crippen molar-refractivity contribution in [2.45, 2.75) is 109 Å². The van der Waals surface area contributed by atoms with Gasteiger partial charge in [0.25, 0.3) is 0 Å². The number of hydrogen-bond donors (Lipinski definition) is 6. The van der Waals surface area contributed by atoms with Gasteiger partial charge in [-0.25, -0.2) is 22.9 Å². The van der Waals surface area contributed by atoms with E-state index in [1.54, 1.807) is 31.2 Å². The average Bonchev–Trinajstić information content (AvgIpc) is 3.82. The average molecular weight is 892 g/mol. The van der Waals surface area contributed by atoms with Gasteiger partial charge in [-0.15, -0.1) is 0 Å². The molecule has 7 amide bonds. The zero-order valence-electron chi connectivity index (χ0n) is 35.0. The van der Waals surface area contributed by atoms with Gasteiger partial charge < -0.3 is 50.5 Å². The minimum Gasteiger partial charge on any atom is -0.458 e. The summed E-state index contributed by atoms with van der Waals surface area (Å²) in [6.45, 7) is 7.37. The molecule has 0 aromatic heterocycles. The zero-order chi connectivity index (χ0) is 45.8.